The summed E-state index contributed by atoms with van der Waals surface area (Å²) in [5, 5.41) is 0. The highest BCUT2D eigenvalue weighted by Crippen LogP contribution is 2.32. The van der Waals surface area contributed by atoms with Gasteiger partial charge < -0.3 is 14.4 Å². The van der Waals surface area contributed by atoms with Gasteiger partial charge in [0.25, 0.3) is 0 Å². The average Bonchev–Trinajstić information content (AvgIpc) is 2.97. The summed E-state index contributed by atoms with van der Waals surface area (Å²) in [6, 6.07) is 9.28. The SMILES string of the molecule is Cc1cccc(CN2CC[C@@H]3O[C@@H](COCC(=O)N(C)C)CC[C@@H]32)c1. The van der Waals surface area contributed by atoms with E-state index >= 15 is 0 Å². The van der Waals surface area contributed by atoms with Gasteiger partial charge in [0.05, 0.1) is 18.8 Å². The van der Waals surface area contributed by atoms with Gasteiger partial charge in [-0.05, 0) is 31.7 Å². The molecule has 0 spiro atoms. The Hall–Kier alpha value is -1.43. The summed E-state index contributed by atoms with van der Waals surface area (Å²) >= 11 is 0. The Morgan fingerprint density at radius 3 is 2.92 bits per heavy atom. The molecule has 2 aliphatic heterocycles. The number of carbonyl (C=O) groups is 1. The second kappa shape index (κ2) is 8.30. The molecule has 1 aromatic rings. The van der Waals surface area contributed by atoms with E-state index in [-0.39, 0.29) is 18.6 Å². The highest BCUT2D eigenvalue weighted by Gasteiger charge is 2.39. The first-order valence-corrected chi connectivity index (χ1v) is 9.26. The minimum absolute atomic E-state index is 0.00104. The molecule has 1 amide bonds. The summed E-state index contributed by atoms with van der Waals surface area (Å²) < 4.78 is 11.8. The summed E-state index contributed by atoms with van der Waals surface area (Å²) in [5.74, 6) is -0.00104. The van der Waals surface area contributed by atoms with E-state index in [1.165, 1.54) is 11.1 Å². The smallest absolute Gasteiger partial charge is 0.248 e. The van der Waals surface area contributed by atoms with Gasteiger partial charge in [0.1, 0.15) is 6.61 Å². The number of nitrogens with zero attached hydrogens (tertiary/aromatic N) is 2. The summed E-state index contributed by atoms with van der Waals surface area (Å²) in [6.45, 7) is 4.90. The second-order valence-electron chi connectivity index (χ2n) is 7.49. The number of likely N-dealkylation sites (N-methyl/N-ethyl adjacent to an activating group) is 1. The molecule has 0 aromatic heterocycles. The number of hydrogen-bond donors (Lipinski definition) is 0. The van der Waals surface area contributed by atoms with Crippen LogP contribution in [0.2, 0.25) is 0 Å². The second-order valence-corrected chi connectivity index (χ2v) is 7.49. The molecular formula is C20H30N2O3. The molecule has 3 atom stereocenters. The fraction of sp³-hybridized carbons (Fsp3) is 0.650. The Labute approximate surface area is 150 Å². The van der Waals surface area contributed by atoms with Crippen molar-refractivity contribution in [2.45, 2.75) is 51.0 Å². The molecule has 0 bridgehead atoms. The van der Waals surface area contributed by atoms with Gasteiger partial charge in [0.2, 0.25) is 5.91 Å². The first kappa shape index (κ1) is 18.4. The van der Waals surface area contributed by atoms with Gasteiger partial charge in [-0.3, -0.25) is 9.69 Å². The molecule has 5 nitrogen and oxygen atoms in total. The van der Waals surface area contributed by atoms with Crippen molar-refractivity contribution in [2.75, 3.05) is 33.9 Å². The minimum atomic E-state index is -0.00104. The number of benzene rings is 1. The maximum absolute atomic E-state index is 11.6. The molecule has 138 valence electrons. The lowest BCUT2D eigenvalue weighted by atomic mass is 9.99. The predicted octanol–water partition coefficient (Wildman–Crippen LogP) is 2.22. The molecular weight excluding hydrogens is 316 g/mol. The fourth-order valence-electron chi connectivity index (χ4n) is 3.86. The lowest BCUT2D eigenvalue weighted by Crippen LogP contribution is -2.43. The molecule has 0 radical (unpaired) electrons. The van der Waals surface area contributed by atoms with Gasteiger partial charge in [-0.2, -0.15) is 0 Å². The number of amides is 1. The summed E-state index contributed by atoms with van der Waals surface area (Å²) in [5.41, 5.74) is 2.70. The van der Waals surface area contributed by atoms with Crippen molar-refractivity contribution in [2.24, 2.45) is 0 Å². The molecule has 25 heavy (non-hydrogen) atoms. The maximum atomic E-state index is 11.6. The molecule has 0 unspecified atom stereocenters. The molecule has 0 aliphatic carbocycles. The fourth-order valence-corrected chi connectivity index (χ4v) is 3.86. The van der Waals surface area contributed by atoms with Crippen molar-refractivity contribution in [3.63, 3.8) is 0 Å². The zero-order chi connectivity index (χ0) is 17.8. The van der Waals surface area contributed by atoms with Crippen LogP contribution in [-0.4, -0.2) is 67.8 Å². The van der Waals surface area contributed by atoms with Crippen molar-refractivity contribution >= 4 is 5.91 Å². The summed E-state index contributed by atoms with van der Waals surface area (Å²) in [7, 11) is 3.49. The van der Waals surface area contributed by atoms with Gasteiger partial charge in [0, 0.05) is 33.2 Å². The van der Waals surface area contributed by atoms with E-state index in [2.05, 4.69) is 36.1 Å². The van der Waals surface area contributed by atoms with Gasteiger partial charge in [-0.15, -0.1) is 0 Å². The van der Waals surface area contributed by atoms with Crippen LogP contribution in [0.3, 0.4) is 0 Å². The normalized spacial score (nSPS) is 26.4. The topological polar surface area (TPSA) is 42.0 Å². The predicted molar refractivity (Wildman–Crippen MR) is 97.4 cm³/mol. The summed E-state index contributed by atoms with van der Waals surface area (Å²) in [4.78, 5) is 15.7. The number of aryl methyl sites for hydroxylation is 1. The molecule has 2 fully saturated rings. The van der Waals surface area contributed by atoms with Crippen LogP contribution < -0.4 is 0 Å². The van der Waals surface area contributed by atoms with Crippen LogP contribution in [0.15, 0.2) is 24.3 Å². The van der Waals surface area contributed by atoms with Crippen LogP contribution in [0.1, 0.15) is 30.4 Å². The van der Waals surface area contributed by atoms with Crippen LogP contribution in [0, 0.1) is 6.92 Å². The largest absolute Gasteiger partial charge is 0.371 e. The molecule has 0 saturated carbocycles. The molecule has 0 N–H and O–H groups in total. The molecule has 5 heteroatoms. The van der Waals surface area contributed by atoms with E-state index in [1.54, 1.807) is 19.0 Å². The Bertz CT molecular complexity index is 590. The molecule has 2 saturated heterocycles. The van der Waals surface area contributed by atoms with E-state index in [4.69, 9.17) is 9.47 Å². The van der Waals surface area contributed by atoms with Crippen molar-refractivity contribution in [3.8, 4) is 0 Å². The van der Waals surface area contributed by atoms with Crippen molar-refractivity contribution in [1.29, 1.82) is 0 Å². The zero-order valence-corrected chi connectivity index (χ0v) is 15.6. The van der Waals surface area contributed by atoms with E-state index < -0.39 is 0 Å². The monoisotopic (exact) mass is 346 g/mol. The number of carbonyl (C=O) groups excluding carboxylic acids is 1. The third-order valence-corrected chi connectivity index (χ3v) is 5.25. The molecule has 2 heterocycles. The third kappa shape index (κ3) is 4.81. The Morgan fingerprint density at radius 1 is 1.32 bits per heavy atom. The number of likely N-dealkylation sites (tertiary alicyclic amines) is 1. The molecule has 2 aliphatic rings. The number of fused-ring (bicyclic) bond motifs is 1. The average molecular weight is 346 g/mol. The third-order valence-electron chi connectivity index (χ3n) is 5.25. The highest BCUT2D eigenvalue weighted by atomic mass is 16.5. The van der Waals surface area contributed by atoms with Gasteiger partial charge >= 0.3 is 0 Å². The number of rotatable bonds is 6. The van der Waals surface area contributed by atoms with Gasteiger partial charge in [-0.1, -0.05) is 29.8 Å². The van der Waals surface area contributed by atoms with Crippen LogP contribution in [0.5, 0.6) is 0 Å². The van der Waals surface area contributed by atoms with E-state index in [0.717, 1.165) is 32.4 Å². The van der Waals surface area contributed by atoms with Crippen molar-refractivity contribution < 1.29 is 14.3 Å². The minimum Gasteiger partial charge on any atom is -0.371 e. The van der Waals surface area contributed by atoms with Crippen LogP contribution in [0.4, 0.5) is 0 Å². The van der Waals surface area contributed by atoms with E-state index in [9.17, 15) is 4.79 Å². The Morgan fingerprint density at radius 2 is 2.16 bits per heavy atom. The molecule has 3 rings (SSSR count). The zero-order valence-electron chi connectivity index (χ0n) is 15.6. The maximum Gasteiger partial charge on any atom is 0.248 e. The standard InChI is InChI=1S/C20H30N2O3/c1-15-5-4-6-16(11-15)12-22-10-9-19-18(22)8-7-17(25-19)13-24-14-20(23)21(2)3/h4-6,11,17-19H,7-10,12-14H2,1-3H3/t17-,18+,19+/m1/s1. The van der Waals surface area contributed by atoms with Gasteiger partial charge in [0.15, 0.2) is 0 Å². The highest BCUT2D eigenvalue weighted by molar-refractivity contribution is 5.76. The number of hydrogen-bond acceptors (Lipinski definition) is 4. The van der Waals surface area contributed by atoms with Crippen LogP contribution in [0.25, 0.3) is 0 Å². The lowest BCUT2D eigenvalue weighted by Gasteiger charge is -2.36. The molecule has 1 aromatic carbocycles. The first-order valence-electron chi connectivity index (χ1n) is 9.26. The van der Waals surface area contributed by atoms with E-state index in [1.807, 2.05) is 0 Å². The lowest BCUT2D eigenvalue weighted by molar-refractivity contribution is -0.138. The van der Waals surface area contributed by atoms with E-state index in [0.29, 0.717) is 18.8 Å². The van der Waals surface area contributed by atoms with Crippen molar-refractivity contribution in [1.82, 2.24) is 9.80 Å². The number of ether oxygens (including phenoxy) is 2. The first-order chi connectivity index (χ1) is 12.0. The Balaban J connectivity index is 1.46. The quantitative estimate of drug-likeness (QED) is 0.792. The summed E-state index contributed by atoms with van der Waals surface area (Å²) in [6.07, 6.45) is 3.66. The van der Waals surface area contributed by atoms with Gasteiger partial charge in [-0.25, -0.2) is 0 Å². The van der Waals surface area contributed by atoms with Crippen molar-refractivity contribution in [3.05, 3.63) is 35.4 Å². The van der Waals surface area contributed by atoms with Crippen LogP contribution >= 0.6 is 0 Å². The van der Waals surface area contributed by atoms with Crippen LogP contribution in [-0.2, 0) is 20.8 Å². The Kier molecular flexibility index (Phi) is 6.10.